The number of thiophene rings is 1. The van der Waals surface area contributed by atoms with E-state index in [2.05, 4.69) is 15.7 Å². The van der Waals surface area contributed by atoms with Crippen LogP contribution in [0.25, 0.3) is 0 Å². The molecule has 2 aromatic rings. The fourth-order valence-electron chi connectivity index (χ4n) is 1.85. The van der Waals surface area contributed by atoms with Crippen LogP contribution in [0.1, 0.15) is 20.9 Å². The summed E-state index contributed by atoms with van der Waals surface area (Å²) in [6.45, 7) is 3.81. The highest BCUT2D eigenvalue weighted by Crippen LogP contribution is 2.28. The number of aromatic nitrogens is 2. The molecule has 0 saturated carbocycles. The van der Waals surface area contributed by atoms with Crippen molar-refractivity contribution in [3.8, 4) is 0 Å². The van der Waals surface area contributed by atoms with Gasteiger partial charge in [0, 0.05) is 18.1 Å². The summed E-state index contributed by atoms with van der Waals surface area (Å²) in [5.74, 6) is -0.387. The average molecular weight is 324 g/mol. The van der Waals surface area contributed by atoms with Crippen LogP contribution in [0.15, 0.2) is 12.3 Å². The Morgan fingerprint density at radius 2 is 2.14 bits per heavy atom. The number of esters is 1. The van der Waals surface area contributed by atoms with Gasteiger partial charge < -0.3 is 15.4 Å². The predicted molar refractivity (Wildman–Crippen MR) is 88.2 cm³/mol. The van der Waals surface area contributed by atoms with Crippen molar-refractivity contribution >= 4 is 45.3 Å². The molecule has 0 aliphatic heterocycles. The van der Waals surface area contributed by atoms with Gasteiger partial charge in [0.05, 0.1) is 24.1 Å². The number of aryl methyl sites for hydroxylation is 3. The van der Waals surface area contributed by atoms with Crippen molar-refractivity contribution in [3.63, 3.8) is 0 Å². The summed E-state index contributed by atoms with van der Waals surface area (Å²) in [6.07, 6.45) is 1.84. The normalized spacial score (nSPS) is 10.3. The highest BCUT2D eigenvalue weighted by Gasteiger charge is 2.16. The van der Waals surface area contributed by atoms with Gasteiger partial charge in [0.15, 0.2) is 5.11 Å². The van der Waals surface area contributed by atoms with Crippen molar-refractivity contribution < 1.29 is 9.53 Å². The molecule has 0 aliphatic rings. The zero-order valence-corrected chi connectivity index (χ0v) is 13.8. The second kappa shape index (κ2) is 6.23. The molecule has 6 nitrogen and oxygen atoms in total. The van der Waals surface area contributed by atoms with Crippen molar-refractivity contribution in [2.45, 2.75) is 13.8 Å². The standard InChI is InChI=1S/C13H16N4O2S2/c1-7-5-9(12(18)19-4)11(21-7)15-13(20)14-10-6-17(3)16-8(10)2/h5-6H,1-4H3,(H2,14,15,20). The molecule has 0 aromatic carbocycles. The van der Waals surface area contributed by atoms with E-state index >= 15 is 0 Å². The van der Waals surface area contributed by atoms with Gasteiger partial charge in [-0.3, -0.25) is 4.68 Å². The Morgan fingerprint density at radius 3 is 2.71 bits per heavy atom. The smallest absolute Gasteiger partial charge is 0.340 e. The molecular weight excluding hydrogens is 308 g/mol. The van der Waals surface area contributed by atoms with Crippen LogP contribution in [0, 0.1) is 13.8 Å². The lowest BCUT2D eigenvalue weighted by Gasteiger charge is -2.09. The summed E-state index contributed by atoms with van der Waals surface area (Å²) in [5, 5.41) is 11.4. The molecule has 0 unspecified atom stereocenters. The maximum Gasteiger partial charge on any atom is 0.340 e. The molecule has 0 fully saturated rings. The summed E-state index contributed by atoms with van der Waals surface area (Å²) in [5.41, 5.74) is 2.15. The second-order valence-electron chi connectivity index (χ2n) is 4.47. The molecule has 0 radical (unpaired) electrons. The number of hydrogen-bond acceptors (Lipinski definition) is 5. The number of nitrogens with zero attached hydrogens (tertiary/aromatic N) is 2. The Balaban J connectivity index is 2.13. The lowest BCUT2D eigenvalue weighted by molar-refractivity contribution is 0.0602. The van der Waals surface area contributed by atoms with Crippen LogP contribution < -0.4 is 10.6 Å². The Labute approximate surface area is 132 Å². The molecule has 0 spiro atoms. The molecule has 8 heteroatoms. The monoisotopic (exact) mass is 324 g/mol. The fourth-order valence-corrected chi connectivity index (χ4v) is 3.03. The van der Waals surface area contributed by atoms with Gasteiger partial charge in [-0.25, -0.2) is 4.79 Å². The van der Waals surface area contributed by atoms with Crippen molar-refractivity contribution in [3.05, 3.63) is 28.4 Å². The Hall–Kier alpha value is -1.93. The van der Waals surface area contributed by atoms with Gasteiger partial charge in [0.25, 0.3) is 0 Å². The Morgan fingerprint density at radius 1 is 1.43 bits per heavy atom. The molecule has 112 valence electrons. The first-order valence-electron chi connectivity index (χ1n) is 6.17. The van der Waals surface area contributed by atoms with Crippen LogP contribution in [-0.2, 0) is 11.8 Å². The second-order valence-corrected chi connectivity index (χ2v) is 6.14. The maximum absolute atomic E-state index is 11.7. The van der Waals surface area contributed by atoms with Crippen LogP contribution >= 0.6 is 23.6 Å². The summed E-state index contributed by atoms with van der Waals surface area (Å²) in [7, 11) is 3.20. The summed E-state index contributed by atoms with van der Waals surface area (Å²) in [4.78, 5) is 12.7. The van der Waals surface area contributed by atoms with E-state index in [-0.39, 0.29) is 5.97 Å². The molecule has 2 N–H and O–H groups in total. The zero-order chi connectivity index (χ0) is 15.6. The molecule has 0 atom stereocenters. The van der Waals surface area contributed by atoms with E-state index in [4.69, 9.17) is 17.0 Å². The molecule has 21 heavy (non-hydrogen) atoms. The maximum atomic E-state index is 11.7. The number of ether oxygens (including phenoxy) is 1. The number of thiocarbonyl (C=S) groups is 1. The molecule has 2 aromatic heterocycles. The number of carbonyl (C=O) groups excluding carboxylic acids is 1. The third-order valence-electron chi connectivity index (χ3n) is 2.75. The molecular formula is C13H16N4O2S2. The lowest BCUT2D eigenvalue weighted by Crippen LogP contribution is -2.20. The van der Waals surface area contributed by atoms with Gasteiger partial charge in [-0.05, 0) is 32.1 Å². The van der Waals surface area contributed by atoms with E-state index in [1.807, 2.05) is 27.1 Å². The van der Waals surface area contributed by atoms with E-state index in [0.717, 1.165) is 16.3 Å². The van der Waals surface area contributed by atoms with E-state index in [9.17, 15) is 4.79 Å². The SMILES string of the molecule is COC(=O)c1cc(C)sc1NC(=S)Nc1cn(C)nc1C. The highest BCUT2D eigenvalue weighted by molar-refractivity contribution is 7.80. The van der Waals surface area contributed by atoms with Gasteiger partial charge in [0.2, 0.25) is 0 Å². The van der Waals surface area contributed by atoms with E-state index in [1.54, 1.807) is 10.7 Å². The third-order valence-corrected chi connectivity index (χ3v) is 3.92. The quantitative estimate of drug-likeness (QED) is 0.668. The zero-order valence-electron chi connectivity index (χ0n) is 12.2. The average Bonchev–Trinajstić information content (AvgIpc) is 2.91. The van der Waals surface area contributed by atoms with Crippen LogP contribution in [0.4, 0.5) is 10.7 Å². The van der Waals surface area contributed by atoms with Gasteiger partial charge >= 0.3 is 5.97 Å². The van der Waals surface area contributed by atoms with Gasteiger partial charge in [-0.2, -0.15) is 5.10 Å². The number of hydrogen-bond donors (Lipinski definition) is 2. The van der Waals surface area contributed by atoms with E-state index in [1.165, 1.54) is 18.4 Å². The first kappa shape index (κ1) is 15.5. The molecule has 0 amide bonds. The molecule has 2 heterocycles. The first-order chi connectivity index (χ1) is 9.90. The van der Waals surface area contributed by atoms with E-state index < -0.39 is 0 Å². The van der Waals surface area contributed by atoms with Gasteiger partial charge in [0.1, 0.15) is 5.00 Å². The van der Waals surface area contributed by atoms with Crippen molar-refractivity contribution in [2.75, 3.05) is 17.7 Å². The number of methoxy groups -OCH3 is 1. The van der Waals surface area contributed by atoms with Crippen LogP contribution in [-0.4, -0.2) is 28.0 Å². The minimum absolute atomic E-state index is 0.387. The summed E-state index contributed by atoms with van der Waals surface area (Å²) < 4.78 is 6.47. The molecule has 0 saturated heterocycles. The number of rotatable bonds is 3. The van der Waals surface area contributed by atoms with Crippen LogP contribution in [0.3, 0.4) is 0 Å². The van der Waals surface area contributed by atoms with E-state index in [0.29, 0.717) is 15.7 Å². The minimum atomic E-state index is -0.387. The molecule has 0 aliphatic carbocycles. The topological polar surface area (TPSA) is 68.2 Å². The Kier molecular flexibility index (Phi) is 4.59. The largest absolute Gasteiger partial charge is 0.465 e. The third kappa shape index (κ3) is 3.59. The summed E-state index contributed by atoms with van der Waals surface area (Å²) >= 11 is 6.72. The van der Waals surface area contributed by atoms with Gasteiger partial charge in [-0.15, -0.1) is 11.3 Å². The molecule has 0 bridgehead atoms. The van der Waals surface area contributed by atoms with Crippen molar-refractivity contribution in [1.82, 2.24) is 9.78 Å². The first-order valence-corrected chi connectivity index (χ1v) is 7.40. The Bertz CT molecular complexity index is 690. The number of carbonyl (C=O) groups is 1. The summed E-state index contributed by atoms with van der Waals surface area (Å²) in [6, 6.07) is 1.77. The van der Waals surface area contributed by atoms with Gasteiger partial charge in [-0.1, -0.05) is 0 Å². The predicted octanol–water partition coefficient (Wildman–Crippen LogP) is 2.69. The van der Waals surface area contributed by atoms with Crippen LogP contribution in [0.5, 0.6) is 0 Å². The van der Waals surface area contributed by atoms with Crippen molar-refractivity contribution in [2.24, 2.45) is 7.05 Å². The fraction of sp³-hybridized carbons (Fsp3) is 0.308. The highest BCUT2D eigenvalue weighted by atomic mass is 32.1. The number of nitrogens with one attached hydrogen (secondary N) is 2. The van der Waals surface area contributed by atoms with Crippen LogP contribution in [0.2, 0.25) is 0 Å². The lowest BCUT2D eigenvalue weighted by atomic mass is 10.3. The minimum Gasteiger partial charge on any atom is -0.465 e. The molecule has 2 rings (SSSR count). The van der Waals surface area contributed by atoms with Crippen molar-refractivity contribution in [1.29, 1.82) is 0 Å². The number of anilines is 2.